The van der Waals surface area contributed by atoms with Gasteiger partial charge >= 0.3 is 5.69 Å². The molecule has 11 heteroatoms. The van der Waals surface area contributed by atoms with Crippen molar-refractivity contribution in [2.75, 3.05) is 34.2 Å². The molecule has 230 valence electrons. The SMILES string of the molecule is COc1ccc(C(OC[C@@]23COCO[C@@H]([C@H](n4cc(C)c(=O)[nH]c4=O)O2)[C@@H]3O)(c2ccccc2)c2ccc(OC)cc2)cc1. The van der Waals surface area contributed by atoms with Crippen LogP contribution in [0, 0.1) is 6.92 Å². The molecule has 0 radical (unpaired) electrons. The second-order valence-corrected chi connectivity index (χ2v) is 10.9. The molecule has 11 nitrogen and oxygen atoms in total. The summed E-state index contributed by atoms with van der Waals surface area (Å²) in [5.74, 6) is 1.36. The lowest BCUT2D eigenvalue weighted by Gasteiger charge is -2.40. The zero-order chi connectivity index (χ0) is 30.9. The van der Waals surface area contributed by atoms with Crippen LogP contribution in [-0.2, 0) is 24.5 Å². The third-order valence-corrected chi connectivity index (χ3v) is 8.30. The maximum atomic E-state index is 12.8. The number of aliphatic hydroxyl groups excluding tert-OH is 1. The van der Waals surface area contributed by atoms with Gasteiger partial charge in [0, 0.05) is 11.8 Å². The Morgan fingerprint density at radius 2 is 1.52 bits per heavy atom. The maximum Gasteiger partial charge on any atom is 0.330 e. The van der Waals surface area contributed by atoms with Crippen molar-refractivity contribution in [2.45, 2.75) is 36.6 Å². The smallest absolute Gasteiger partial charge is 0.330 e. The second-order valence-electron chi connectivity index (χ2n) is 10.9. The fourth-order valence-electron chi connectivity index (χ4n) is 5.92. The summed E-state index contributed by atoms with van der Waals surface area (Å²) in [4.78, 5) is 27.2. The van der Waals surface area contributed by atoms with Gasteiger partial charge in [-0.15, -0.1) is 0 Å². The van der Waals surface area contributed by atoms with Gasteiger partial charge in [0.2, 0.25) is 0 Å². The number of ether oxygens (including phenoxy) is 6. The van der Waals surface area contributed by atoms with E-state index in [2.05, 4.69) is 4.98 Å². The Bertz CT molecular complexity index is 1660. The van der Waals surface area contributed by atoms with E-state index in [1.165, 1.54) is 10.8 Å². The van der Waals surface area contributed by atoms with Gasteiger partial charge in [-0.1, -0.05) is 54.6 Å². The summed E-state index contributed by atoms with van der Waals surface area (Å²) < 4.78 is 37.2. The van der Waals surface area contributed by atoms with E-state index >= 15 is 0 Å². The van der Waals surface area contributed by atoms with E-state index in [1.54, 1.807) is 21.1 Å². The highest BCUT2D eigenvalue weighted by Gasteiger charge is 2.59. The third-order valence-electron chi connectivity index (χ3n) is 8.30. The molecule has 0 aliphatic carbocycles. The molecule has 2 saturated heterocycles. The number of aryl methyl sites for hydroxylation is 1. The molecule has 6 rings (SSSR count). The molecule has 0 spiro atoms. The minimum atomic E-state index is -1.44. The molecule has 2 aliphatic heterocycles. The molecule has 0 unspecified atom stereocenters. The minimum Gasteiger partial charge on any atom is -0.497 e. The van der Waals surface area contributed by atoms with E-state index in [0.29, 0.717) is 17.1 Å². The van der Waals surface area contributed by atoms with Gasteiger partial charge in [0.05, 0.1) is 27.4 Å². The van der Waals surface area contributed by atoms with Gasteiger partial charge < -0.3 is 33.5 Å². The Kier molecular flexibility index (Phi) is 8.14. The van der Waals surface area contributed by atoms with Crippen LogP contribution in [0.15, 0.2) is 94.6 Å². The van der Waals surface area contributed by atoms with Crippen LogP contribution in [0.3, 0.4) is 0 Å². The van der Waals surface area contributed by atoms with Crippen LogP contribution in [0.2, 0.25) is 0 Å². The van der Waals surface area contributed by atoms with Crippen molar-refractivity contribution >= 4 is 0 Å². The molecular weight excluding hydrogens is 568 g/mol. The second kappa shape index (κ2) is 12.0. The molecule has 44 heavy (non-hydrogen) atoms. The van der Waals surface area contributed by atoms with Crippen LogP contribution >= 0.6 is 0 Å². The summed E-state index contributed by atoms with van der Waals surface area (Å²) in [5.41, 5.74) is -1.08. The number of hydrogen-bond donors (Lipinski definition) is 2. The number of aromatic amines is 1. The summed E-state index contributed by atoms with van der Waals surface area (Å²) in [6.07, 6.45) is -1.86. The lowest BCUT2D eigenvalue weighted by atomic mass is 9.79. The largest absolute Gasteiger partial charge is 0.497 e. The number of aliphatic hydroxyl groups is 1. The zero-order valence-electron chi connectivity index (χ0n) is 24.6. The number of methoxy groups -OCH3 is 2. The Morgan fingerprint density at radius 1 is 0.932 bits per heavy atom. The van der Waals surface area contributed by atoms with Crippen molar-refractivity contribution in [1.29, 1.82) is 0 Å². The molecule has 1 aromatic heterocycles. The summed E-state index contributed by atoms with van der Waals surface area (Å²) >= 11 is 0. The number of nitrogens with zero attached hydrogens (tertiary/aromatic N) is 1. The Morgan fingerprint density at radius 3 is 2.11 bits per heavy atom. The summed E-state index contributed by atoms with van der Waals surface area (Å²) in [5, 5.41) is 11.7. The average molecular weight is 603 g/mol. The van der Waals surface area contributed by atoms with Crippen LogP contribution in [0.5, 0.6) is 11.5 Å². The van der Waals surface area contributed by atoms with E-state index in [9.17, 15) is 14.7 Å². The number of hydrogen-bond acceptors (Lipinski definition) is 9. The highest BCUT2D eigenvalue weighted by Crippen LogP contribution is 2.46. The molecule has 4 aromatic rings. The topological polar surface area (TPSA) is 130 Å². The summed E-state index contributed by atoms with van der Waals surface area (Å²) in [7, 11) is 3.21. The van der Waals surface area contributed by atoms with Crippen LogP contribution in [0.25, 0.3) is 0 Å². The van der Waals surface area contributed by atoms with Gasteiger partial charge in [-0.3, -0.25) is 14.3 Å². The first kappa shape index (κ1) is 29.8. The Hall–Kier alpha value is -4.26. The highest BCUT2D eigenvalue weighted by molar-refractivity contribution is 5.49. The normalized spacial score (nSPS) is 23.2. The predicted molar refractivity (Wildman–Crippen MR) is 159 cm³/mol. The van der Waals surface area contributed by atoms with E-state index in [0.717, 1.165) is 16.7 Å². The van der Waals surface area contributed by atoms with E-state index < -0.39 is 40.9 Å². The lowest BCUT2D eigenvalue weighted by molar-refractivity contribution is -0.212. The molecule has 3 heterocycles. The van der Waals surface area contributed by atoms with Gasteiger partial charge in [-0.05, 0) is 47.9 Å². The summed E-state index contributed by atoms with van der Waals surface area (Å²) in [6.45, 7) is 1.23. The first-order valence-electron chi connectivity index (χ1n) is 14.2. The van der Waals surface area contributed by atoms with Crippen molar-refractivity contribution < 1.29 is 33.5 Å². The zero-order valence-corrected chi connectivity index (χ0v) is 24.6. The van der Waals surface area contributed by atoms with Gasteiger partial charge in [0.1, 0.15) is 41.7 Å². The van der Waals surface area contributed by atoms with E-state index in [4.69, 9.17) is 28.4 Å². The fraction of sp³-hybridized carbons (Fsp3) is 0.333. The number of H-pyrrole nitrogens is 1. The predicted octanol–water partition coefficient (Wildman–Crippen LogP) is 2.87. The third kappa shape index (κ3) is 5.12. The number of rotatable bonds is 9. The van der Waals surface area contributed by atoms with Gasteiger partial charge in [-0.2, -0.15) is 0 Å². The van der Waals surface area contributed by atoms with Crippen LogP contribution in [0.4, 0.5) is 0 Å². The minimum absolute atomic E-state index is 0.0751. The van der Waals surface area contributed by atoms with Gasteiger partial charge in [0.15, 0.2) is 6.23 Å². The van der Waals surface area contributed by atoms with Crippen LogP contribution in [-0.4, -0.2) is 66.7 Å². The molecule has 2 fully saturated rings. The average Bonchev–Trinajstić information content (AvgIpc) is 3.21. The molecule has 2 N–H and O–H groups in total. The molecule has 0 saturated carbocycles. The highest BCUT2D eigenvalue weighted by atomic mass is 16.7. The van der Waals surface area contributed by atoms with Crippen molar-refractivity contribution in [3.63, 3.8) is 0 Å². The van der Waals surface area contributed by atoms with Crippen molar-refractivity contribution in [2.24, 2.45) is 0 Å². The van der Waals surface area contributed by atoms with Crippen LogP contribution < -0.4 is 20.7 Å². The lowest BCUT2D eigenvalue weighted by Crippen LogP contribution is -2.51. The van der Waals surface area contributed by atoms with Crippen molar-refractivity contribution in [3.05, 3.63) is 128 Å². The Balaban J connectivity index is 1.47. The van der Waals surface area contributed by atoms with E-state index in [-0.39, 0.29) is 20.0 Å². The van der Waals surface area contributed by atoms with Gasteiger partial charge in [0.25, 0.3) is 5.56 Å². The first-order valence-corrected chi connectivity index (χ1v) is 14.2. The van der Waals surface area contributed by atoms with Crippen molar-refractivity contribution in [1.82, 2.24) is 9.55 Å². The fourth-order valence-corrected chi connectivity index (χ4v) is 5.92. The van der Waals surface area contributed by atoms with Gasteiger partial charge in [-0.25, -0.2) is 4.79 Å². The van der Waals surface area contributed by atoms with Crippen LogP contribution in [0.1, 0.15) is 28.5 Å². The number of fused-ring (bicyclic) bond motifs is 2. The first-order chi connectivity index (χ1) is 21.3. The Labute approximate surface area is 253 Å². The molecule has 4 atom stereocenters. The molecule has 2 bridgehead atoms. The van der Waals surface area contributed by atoms with Crippen molar-refractivity contribution in [3.8, 4) is 11.5 Å². The standard InChI is InChI=1S/C33H34N2O9/c1-21-17-35(31(38)34-29(21)37)30-27-28(36)32(44-30,18-41-20-42-27)19-43-33(22-7-5-4-6-8-22,23-9-13-25(39-2)14-10-23)24-11-15-26(40-3)16-12-24/h4-17,27-28,30,36H,18-20H2,1-3H3,(H,34,37,38)/t27-,28+,30-,32-/m1/s1. The summed E-state index contributed by atoms with van der Waals surface area (Å²) in [6, 6.07) is 24.9. The molecule has 0 amide bonds. The molecular formula is C33H34N2O9. The van der Waals surface area contributed by atoms with E-state index in [1.807, 2.05) is 78.9 Å². The molecule has 2 aliphatic rings. The molecule has 3 aromatic carbocycles. The maximum absolute atomic E-state index is 12.8. The monoisotopic (exact) mass is 602 g/mol. The number of nitrogens with one attached hydrogen (secondary N) is 1. The number of aromatic nitrogens is 2. The quantitative estimate of drug-likeness (QED) is 0.278. The number of benzene rings is 3.